The number of aromatic nitrogens is 1. The highest BCUT2D eigenvalue weighted by atomic mass is 35.5. The van der Waals surface area contributed by atoms with E-state index in [1.165, 1.54) is 11.8 Å². The smallest absolute Gasteiger partial charge is 0.264 e. The number of aryl methyl sites for hydroxylation is 1. The summed E-state index contributed by atoms with van der Waals surface area (Å²) in [7, 11) is 0. The highest BCUT2D eigenvalue weighted by molar-refractivity contribution is 8.13. The lowest BCUT2D eigenvalue weighted by molar-refractivity contribution is -0.125. The number of carbonyl (C=O) groups excluding carboxylic acids is 1. The Morgan fingerprint density at radius 1 is 1.30 bits per heavy atom. The number of halogens is 1. The number of thioether (sulfide) groups is 1. The van der Waals surface area contributed by atoms with Gasteiger partial charge in [-0.25, -0.2) is 15.8 Å². The lowest BCUT2D eigenvalue weighted by Crippen LogP contribution is -2.52. The number of amides is 1. The van der Waals surface area contributed by atoms with Crippen molar-refractivity contribution in [3.05, 3.63) is 64.9 Å². The van der Waals surface area contributed by atoms with E-state index >= 15 is 0 Å². The third-order valence-electron chi connectivity index (χ3n) is 5.04. The number of amidine groups is 1. The van der Waals surface area contributed by atoms with E-state index in [0.29, 0.717) is 28.3 Å². The molecule has 2 aliphatic heterocycles. The fraction of sp³-hybridized carbons (Fsp3) is 0.250. The quantitative estimate of drug-likeness (QED) is 0.632. The van der Waals surface area contributed by atoms with Crippen molar-refractivity contribution in [3.8, 4) is 11.5 Å². The fourth-order valence-electron chi connectivity index (χ4n) is 3.47. The molecule has 4 heterocycles. The van der Waals surface area contributed by atoms with Gasteiger partial charge in [0.1, 0.15) is 17.6 Å². The van der Waals surface area contributed by atoms with E-state index in [2.05, 4.69) is 20.9 Å². The van der Waals surface area contributed by atoms with E-state index < -0.39 is 0 Å². The lowest BCUT2D eigenvalue weighted by atomic mass is 10.1. The number of benzene rings is 1. The van der Waals surface area contributed by atoms with E-state index in [4.69, 9.17) is 20.4 Å². The molecular formula is C20H18ClN5O3S. The molecule has 0 bridgehead atoms. The number of hydrazone groups is 1. The Kier molecular flexibility index (Phi) is 5.01. The van der Waals surface area contributed by atoms with Crippen molar-refractivity contribution in [3.63, 3.8) is 0 Å². The zero-order valence-corrected chi connectivity index (χ0v) is 17.5. The fourth-order valence-corrected chi connectivity index (χ4v) is 4.55. The molecule has 5 rings (SSSR count). The summed E-state index contributed by atoms with van der Waals surface area (Å²) in [4.78, 5) is 16.9. The number of hydrogen-bond acceptors (Lipinski definition) is 8. The van der Waals surface area contributed by atoms with Crippen molar-refractivity contribution in [2.24, 2.45) is 5.10 Å². The first-order valence-electron chi connectivity index (χ1n) is 9.40. The first-order valence-corrected chi connectivity index (χ1v) is 10.8. The Balaban J connectivity index is 1.30. The van der Waals surface area contributed by atoms with Crippen molar-refractivity contribution in [2.45, 2.75) is 31.2 Å². The Hall–Kier alpha value is -2.75. The van der Waals surface area contributed by atoms with Crippen molar-refractivity contribution >= 4 is 34.4 Å². The summed E-state index contributed by atoms with van der Waals surface area (Å²) in [6, 6.07) is 10.7. The Bertz CT molecular complexity index is 1100. The molecule has 2 aliphatic rings. The van der Waals surface area contributed by atoms with Gasteiger partial charge < -0.3 is 8.83 Å². The maximum absolute atomic E-state index is 12.3. The Morgan fingerprint density at radius 2 is 2.13 bits per heavy atom. The van der Waals surface area contributed by atoms with E-state index in [1.54, 1.807) is 18.4 Å². The van der Waals surface area contributed by atoms with E-state index in [-0.39, 0.29) is 18.0 Å². The summed E-state index contributed by atoms with van der Waals surface area (Å²) >= 11 is 7.43. The van der Waals surface area contributed by atoms with Crippen LogP contribution in [0.4, 0.5) is 0 Å². The number of furan rings is 1. The van der Waals surface area contributed by atoms with E-state index in [0.717, 1.165) is 22.8 Å². The van der Waals surface area contributed by atoms with Gasteiger partial charge >= 0.3 is 0 Å². The molecule has 8 nitrogen and oxygen atoms in total. The molecule has 0 radical (unpaired) electrons. The van der Waals surface area contributed by atoms with Crippen LogP contribution in [0.1, 0.15) is 29.7 Å². The molecule has 0 saturated carbocycles. The number of rotatable bonds is 4. The second kappa shape index (κ2) is 7.82. The van der Waals surface area contributed by atoms with Gasteiger partial charge in [0.25, 0.3) is 5.91 Å². The summed E-state index contributed by atoms with van der Waals surface area (Å²) in [6.45, 7) is 1.89. The molecule has 0 aliphatic carbocycles. The van der Waals surface area contributed by atoms with Gasteiger partial charge in [-0.15, -0.1) is 5.10 Å². The largest absolute Gasteiger partial charge is 0.468 e. The molecule has 3 aromatic rings. The predicted octanol–water partition coefficient (Wildman–Crippen LogP) is 3.85. The van der Waals surface area contributed by atoms with Gasteiger partial charge in [-0.05, 0) is 43.3 Å². The summed E-state index contributed by atoms with van der Waals surface area (Å²) in [5.41, 5.74) is 7.64. The third-order valence-corrected chi connectivity index (χ3v) is 6.26. The minimum absolute atomic E-state index is 0.0788. The molecule has 10 heteroatoms. The number of hydrazine groups is 1. The monoisotopic (exact) mass is 443 g/mol. The molecule has 2 atom stereocenters. The highest BCUT2D eigenvalue weighted by Gasteiger charge is 2.42. The van der Waals surface area contributed by atoms with Gasteiger partial charge in [0, 0.05) is 22.8 Å². The zero-order chi connectivity index (χ0) is 20.7. The molecule has 2 aromatic heterocycles. The van der Waals surface area contributed by atoms with Crippen LogP contribution in [0.5, 0.6) is 0 Å². The summed E-state index contributed by atoms with van der Waals surface area (Å²) in [6.07, 6.45) is 2.23. The summed E-state index contributed by atoms with van der Waals surface area (Å²) in [5, 5.41) is 7.37. The molecule has 1 fully saturated rings. The molecular weight excluding hydrogens is 426 g/mol. The number of carbonyl (C=O) groups is 1. The van der Waals surface area contributed by atoms with Crippen LogP contribution in [0, 0.1) is 6.92 Å². The van der Waals surface area contributed by atoms with Crippen molar-refractivity contribution in [1.29, 1.82) is 0 Å². The minimum atomic E-state index is -0.344. The maximum atomic E-state index is 12.3. The number of fused-ring (bicyclic) bond motifs is 1. The van der Waals surface area contributed by atoms with Crippen molar-refractivity contribution in [2.75, 3.05) is 0 Å². The van der Waals surface area contributed by atoms with Gasteiger partial charge in [0.2, 0.25) is 5.89 Å². The number of oxazole rings is 1. The lowest BCUT2D eigenvalue weighted by Gasteiger charge is -2.29. The first-order chi connectivity index (χ1) is 14.6. The topological polar surface area (TPSA) is 95.9 Å². The third kappa shape index (κ3) is 3.60. The summed E-state index contributed by atoms with van der Waals surface area (Å²) < 4.78 is 11.3. The van der Waals surface area contributed by atoms with Crippen molar-refractivity contribution < 1.29 is 13.6 Å². The average Bonchev–Trinajstić information content (AvgIpc) is 3.48. The highest BCUT2D eigenvalue weighted by Crippen LogP contribution is 2.33. The predicted molar refractivity (Wildman–Crippen MR) is 113 cm³/mol. The SMILES string of the molecule is Cc1oc(-c2ccc(Cl)cc2)nc1CSC1=NNC(=O)C2CC(c3ccco3)NN12. The Morgan fingerprint density at radius 3 is 2.90 bits per heavy atom. The van der Waals surface area contributed by atoms with Crippen LogP contribution in [0.25, 0.3) is 11.5 Å². The van der Waals surface area contributed by atoms with Crippen molar-refractivity contribution in [1.82, 2.24) is 20.8 Å². The van der Waals surface area contributed by atoms with Crippen LogP contribution in [0.3, 0.4) is 0 Å². The van der Waals surface area contributed by atoms with Gasteiger partial charge in [-0.3, -0.25) is 9.80 Å². The first kappa shape index (κ1) is 19.2. The van der Waals surface area contributed by atoms with Crippen LogP contribution >= 0.6 is 23.4 Å². The molecule has 0 spiro atoms. The molecule has 1 saturated heterocycles. The molecule has 1 aromatic carbocycles. The molecule has 30 heavy (non-hydrogen) atoms. The van der Waals surface area contributed by atoms with Crippen LogP contribution in [0.2, 0.25) is 5.02 Å². The molecule has 2 unspecified atom stereocenters. The van der Waals surface area contributed by atoms with Crippen LogP contribution < -0.4 is 10.9 Å². The molecule has 1 amide bonds. The second-order valence-electron chi connectivity index (χ2n) is 7.01. The van der Waals surface area contributed by atoms with Crippen LogP contribution in [0.15, 0.2) is 56.6 Å². The van der Waals surface area contributed by atoms with Gasteiger partial charge in [-0.1, -0.05) is 23.4 Å². The number of hydrogen-bond donors (Lipinski definition) is 2. The summed E-state index contributed by atoms with van der Waals surface area (Å²) in [5.74, 6) is 2.50. The van der Waals surface area contributed by atoms with Crippen LogP contribution in [-0.2, 0) is 10.5 Å². The number of nitrogens with zero attached hydrogens (tertiary/aromatic N) is 3. The molecule has 154 valence electrons. The second-order valence-corrected chi connectivity index (χ2v) is 8.39. The van der Waals surface area contributed by atoms with Gasteiger partial charge in [0.05, 0.1) is 18.0 Å². The zero-order valence-electron chi connectivity index (χ0n) is 16.0. The minimum Gasteiger partial charge on any atom is -0.468 e. The normalized spacial score (nSPS) is 20.8. The molecule has 2 N–H and O–H groups in total. The Labute approximate surface area is 181 Å². The standard InChI is InChI=1S/C20H18ClN5O3S/c1-11-15(22-19(29-11)12-4-6-13(21)7-5-12)10-30-20-24-23-18(27)16-9-14(25-26(16)20)17-3-2-8-28-17/h2-8,14,16,25H,9-10H2,1H3,(H,23,27). The van der Waals surface area contributed by atoms with E-state index in [9.17, 15) is 4.79 Å². The number of nitrogens with one attached hydrogen (secondary N) is 2. The maximum Gasteiger partial charge on any atom is 0.264 e. The van der Waals surface area contributed by atoms with Crippen LogP contribution in [-0.4, -0.2) is 27.1 Å². The van der Waals surface area contributed by atoms with Gasteiger partial charge in [-0.2, -0.15) is 0 Å². The average molecular weight is 444 g/mol. The van der Waals surface area contributed by atoms with Gasteiger partial charge in [0.15, 0.2) is 5.17 Å². The van der Waals surface area contributed by atoms with E-state index in [1.807, 2.05) is 36.2 Å².